The van der Waals surface area contributed by atoms with Crippen molar-refractivity contribution in [1.82, 2.24) is 0 Å². The van der Waals surface area contributed by atoms with Crippen LogP contribution < -0.4 is 9.80 Å². The molecule has 12 rings (SSSR count). The van der Waals surface area contributed by atoms with Gasteiger partial charge in [-0.1, -0.05) is 158 Å². The minimum atomic E-state index is -0.709. The molecule has 4 heteroatoms. The van der Waals surface area contributed by atoms with Gasteiger partial charge in [-0.25, -0.2) is 4.85 Å². The van der Waals surface area contributed by atoms with E-state index in [1.54, 1.807) is 0 Å². The number of nitrogens with zero attached hydrogens (tertiary/aromatic N) is 4. The van der Waals surface area contributed by atoms with Crippen molar-refractivity contribution in [1.29, 1.82) is 5.26 Å². The fourth-order valence-corrected chi connectivity index (χ4v) is 10.7. The Bertz CT molecular complexity index is 3700. The van der Waals surface area contributed by atoms with E-state index in [0.29, 0.717) is 11.3 Å². The molecule has 0 bridgehead atoms. The minimum absolute atomic E-state index is 0.609. The van der Waals surface area contributed by atoms with Crippen LogP contribution in [0.15, 0.2) is 243 Å². The summed E-state index contributed by atoms with van der Waals surface area (Å²) < 4.78 is 0. The van der Waals surface area contributed by atoms with Gasteiger partial charge in [-0.05, 0) is 151 Å². The summed E-state index contributed by atoms with van der Waals surface area (Å²) in [7, 11) is 0. The van der Waals surface area contributed by atoms with Crippen molar-refractivity contribution in [3.8, 4) is 17.2 Å². The fourth-order valence-electron chi connectivity index (χ4n) is 10.7. The molecule has 0 radical (unpaired) electrons. The van der Waals surface area contributed by atoms with Crippen molar-refractivity contribution in [3.05, 3.63) is 282 Å². The highest BCUT2D eigenvalue weighted by molar-refractivity contribution is 6.21. The third kappa shape index (κ3) is 6.28. The number of anilines is 6. The SMILES string of the molecule is [C-]#[N+]c1ccc(N(c2ccccc2)c2ccc3c4c(c5ccccc5c3c2)-c2ccc3cc(N(c5ccccc5)c5ccc(C#N)cc5)ccc3c2C4(c2ccccc2)c2ccccc2)cc1. The van der Waals surface area contributed by atoms with Gasteiger partial charge in [0.05, 0.1) is 23.6 Å². The summed E-state index contributed by atoms with van der Waals surface area (Å²) in [6.45, 7) is 7.63. The smallest absolute Gasteiger partial charge is 0.187 e. The van der Waals surface area contributed by atoms with Gasteiger partial charge in [0.15, 0.2) is 5.69 Å². The molecule has 0 heterocycles. The highest BCUT2D eigenvalue weighted by Crippen LogP contribution is 2.62. The van der Waals surface area contributed by atoms with Crippen LogP contribution in [0.3, 0.4) is 0 Å². The maximum atomic E-state index is 9.65. The zero-order valence-corrected chi connectivity index (χ0v) is 36.4. The van der Waals surface area contributed by atoms with Crippen LogP contribution in [0.1, 0.15) is 27.8 Å². The van der Waals surface area contributed by atoms with Gasteiger partial charge in [0.25, 0.3) is 0 Å². The summed E-state index contributed by atoms with van der Waals surface area (Å²) in [5.41, 5.74) is 14.0. The first-order valence-electron chi connectivity index (χ1n) is 22.5. The normalized spacial score (nSPS) is 12.3. The van der Waals surface area contributed by atoms with Crippen LogP contribution in [0, 0.1) is 17.9 Å². The quantitative estimate of drug-likeness (QED) is 0.113. The van der Waals surface area contributed by atoms with Crippen molar-refractivity contribution >= 4 is 72.1 Å². The summed E-state index contributed by atoms with van der Waals surface area (Å²) in [6.07, 6.45) is 0. The number of rotatable bonds is 8. The lowest BCUT2D eigenvalue weighted by atomic mass is 9.65. The molecule has 0 aliphatic heterocycles. The summed E-state index contributed by atoms with van der Waals surface area (Å²) in [5, 5.41) is 16.7. The van der Waals surface area contributed by atoms with E-state index in [1.807, 2.05) is 60.7 Å². The minimum Gasteiger partial charge on any atom is -0.311 e. The Kier molecular flexibility index (Phi) is 9.46. The second-order valence-corrected chi connectivity index (χ2v) is 17.0. The standard InChI is InChI=1S/C63H40N4/c1-65-47-29-33-51(34-30-47)67(49-22-12-5-13-23-49)53-36-39-57-59(41-53)55-24-14-15-25-56(55)60-58-37-28-44-40-52(66(48-20-10-4-11-21-48)50-31-26-43(42-64)27-32-50)35-38-54(44)61(58)63(62(57)60,45-16-6-2-7-17-45)46-18-8-3-9-19-46/h2-41H. The maximum absolute atomic E-state index is 9.65. The molecular formula is C63H40N4. The first-order valence-corrected chi connectivity index (χ1v) is 22.5. The van der Waals surface area contributed by atoms with Crippen molar-refractivity contribution in [2.45, 2.75) is 5.41 Å². The summed E-state index contributed by atoms with van der Waals surface area (Å²) in [5.74, 6) is 0. The molecule has 0 saturated carbocycles. The first-order chi connectivity index (χ1) is 33.1. The molecule has 0 aromatic heterocycles. The molecule has 0 atom stereocenters. The van der Waals surface area contributed by atoms with Gasteiger partial charge in [-0.2, -0.15) is 5.26 Å². The third-order valence-electron chi connectivity index (χ3n) is 13.5. The Balaban J connectivity index is 1.16. The molecule has 0 amide bonds. The Morgan fingerprint density at radius 1 is 0.388 bits per heavy atom. The van der Waals surface area contributed by atoms with Crippen LogP contribution in [-0.2, 0) is 5.41 Å². The van der Waals surface area contributed by atoms with Gasteiger partial charge in [-0.15, -0.1) is 0 Å². The van der Waals surface area contributed by atoms with Crippen LogP contribution >= 0.6 is 0 Å². The molecule has 1 aliphatic rings. The van der Waals surface area contributed by atoms with Gasteiger partial charge < -0.3 is 9.80 Å². The lowest BCUT2D eigenvalue weighted by Crippen LogP contribution is -2.29. The highest BCUT2D eigenvalue weighted by atomic mass is 15.1. The van der Waals surface area contributed by atoms with E-state index < -0.39 is 5.41 Å². The first kappa shape index (κ1) is 39.4. The summed E-state index contributed by atoms with van der Waals surface area (Å²) in [6, 6.07) is 88.5. The van der Waals surface area contributed by atoms with Crippen LogP contribution in [0.5, 0.6) is 0 Å². The fraction of sp³-hybridized carbons (Fsp3) is 0.0159. The summed E-state index contributed by atoms with van der Waals surface area (Å²) in [4.78, 5) is 8.24. The van der Waals surface area contributed by atoms with E-state index in [0.717, 1.165) is 39.5 Å². The van der Waals surface area contributed by atoms with Crippen molar-refractivity contribution in [2.75, 3.05) is 9.80 Å². The average Bonchev–Trinajstić information content (AvgIpc) is 3.73. The van der Waals surface area contributed by atoms with Crippen molar-refractivity contribution in [3.63, 3.8) is 0 Å². The van der Waals surface area contributed by atoms with Crippen molar-refractivity contribution in [2.24, 2.45) is 0 Å². The molecule has 11 aromatic carbocycles. The third-order valence-corrected chi connectivity index (χ3v) is 13.5. The predicted molar refractivity (Wildman–Crippen MR) is 277 cm³/mol. The molecule has 67 heavy (non-hydrogen) atoms. The number of hydrogen-bond acceptors (Lipinski definition) is 3. The van der Waals surface area contributed by atoms with Crippen LogP contribution in [0.25, 0.3) is 48.3 Å². The lowest BCUT2D eigenvalue weighted by molar-refractivity contribution is 0.783. The number of benzene rings is 11. The van der Waals surface area contributed by atoms with Gasteiger partial charge in [-0.3, -0.25) is 0 Å². The number of hydrogen-bond donors (Lipinski definition) is 0. The Morgan fingerprint density at radius 2 is 0.866 bits per heavy atom. The Labute approximate surface area is 389 Å². The molecule has 0 unspecified atom stereocenters. The van der Waals surface area contributed by atoms with Crippen molar-refractivity contribution < 1.29 is 0 Å². The Morgan fingerprint density at radius 3 is 1.43 bits per heavy atom. The molecule has 0 spiro atoms. The largest absolute Gasteiger partial charge is 0.311 e. The van der Waals surface area contributed by atoms with Gasteiger partial charge >= 0.3 is 0 Å². The molecular weight excluding hydrogens is 813 g/mol. The second kappa shape index (κ2) is 16.1. The van der Waals surface area contributed by atoms with Crippen LogP contribution in [0.2, 0.25) is 0 Å². The van der Waals surface area contributed by atoms with Crippen LogP contribution in [0.4, 0.5) is 39.8 Å². The van der Waals surface area contributed by atoms with E-state index in [9.17, 15) is 5.26 Å². The van der Waals surface area contributed by atoms with Gasteiger partial charge in [0.2, 0.25) is 0 Å². The molecule has 0 fully saturated rings. The highest BCUT2D eigenvalue weighted by Gasteiger charge is 2.49. The number of nitriles is 1. The van der Waals surface area contributed by atoms with E-state index in [-0.39, 0.29) is 0 Å². The molecule has 4 nitrogen and oxygen atoms in total. The molecule has 0 N–H and O–H groups in total. The lowest BCUT2D eigenvalue weighted by Gasteiger charge is -2.36. The molecule has 1 aliphatic carbocycles. The molecule has 0 saturated heterocycles. The van der Waals surface area contributed by atoms with E-state index >= 15 is 0 Å². The van der Waals surface area contributed by atoms with Crippen LogP contribution in [-0.4, -0.2) is 0 Å². The molecule has 11 aromatic rings. The van der Waals surface area contributed by atoms with Gasteiger partial charge in [0, 0.05) is 34.1 Å². The second-order valence-electron chi connectivity index (χ2n) is 17.0. The zero-order valence-electron chi connectivity index (χ0n) is 36.4. The van der Waals surface area contributed by atoms with Gasteiger partial charge in [0.1, 0.15) is 0 Å². The number of para-hydroxylation sites is 2. The number of fused-ring (bicyclic) bond motifs is 10. The summed E-state index contributed by atoms with van der Waals surface area (Å²) >= 11 is 0. The van der Waals surface area contributed by atoms with E-state index in [2.05, 4.69) is 203 Å². The zero-order chi connectivity index (χ0) is 44.9. The topological polar surface area (TPSA) is 34.6 Å². The molecule has 312 valence electrons. The maximum Gasteiger partial charge on any atom is 0.187 e. The van der Waals surface area contributed by atoms with E-state index in [1.165, 1.54) is 60.3 Å². The monoisotopic (exact) mass is 852 g/mol. The van der Waals surface area contributed by atoms with E-state index in [4.69, 9.17) is 6.57 Å². The predicted octanol–water partition coefficient (Wildman–Crippen LogP) is 16.9. The average molecular weight is 853 g/mol. The Hall–Kier alpha value is -9.22.